The Morgan fingerprint density at radius 2 is 1.86 bits per heavy atom. The molecule has 1 unspecified atom stereocenters. The molecule has 0 aliphatic carbocycles. The van der Waals surface area contributed by atoms with Crippen LogP contribution < -0.4 is 4.72 Å². The highest BCUT2D eigenvalue weighted by atomic mass is 79.9. The van der Waals surface area contributed by atoms with Gasteiger partial charge in [0.1, 0.15) is 15.8 Å². The summed E-state index contributed by atoms with van der Waals surface area (Å²) in [6, 6.07) is 6.02. The Hall–Kier alpha value is -0.830. The van der Waals surface area contributed by atoms with Gasteiger partial charge < -0.3 is 0 Å². The maximum absolute atomic E-state index is 13.5. The van der Waals surface area contributed by atoms with Gasteiger partial charge in [-0.2, -0.15) is 0 Å². The third-order valence-electron chi connectivity index (χ3n) is 2.74. The normalized spacial score (nSPS) is 13.3. The third-order valence-corrected chi connectivity index (χ3v) is 6.45. The van der Waals surface area contributed by atoms with Crippen LogP contribution in [0.25, 0.3) is 0 Å². The van der Waals surface area contributed by atoms with Crippen LogP contribution in [0.2, 0.25) is 0 Å². The first kappa shape index (κ1) is 16.5. The number of thiophene rings is 1. The first-order valence-electron chi connectivity index (χ1n) is 6.00. The van der Waals surface area contributed by atoms with Crippen LogP contribution in [0.1, 0.15) is 12.5 Å². The lowest BCUT2D eigenvalue weighted by atomic mass is 10.1. The van der Waals surface area contributed by atoms with Crippen LogP contribution in [-0.4, -0.2) is 14.5 Å². The van der Waals surface area contributed by atoms with E-state index in [9.17, 15) is 17.2 Å². The highest BCUT2D eigenvalue weighted by Gasteiger charge is 2.21. The van der Waals surface area contributed by atoms with E-state index in [1.807, 2.05) is 0 Å². The molecule has 0 aliphatic heterocycles. The van der Waals surface area contributed by atoms with E-state index in [-0.39, 0.29) is 16.2 Å². The number of hydrogen-bond acceptors (Lipinski definition) is 3. The molecule has 0 amide bonds. The predicted molar refractivity (Wildman–Crippen MR) is 81.9 cm³/mol. The van der Waals surface area contributed by atoms with Crippen molar-refractivity contribution in [1.29, 1.82) is 0 Å². The number of hydrogen-bond donors (Lipinski definition) is 1. The highest BCUT2D eigenvalue weighted by Crippen LogP contribution is 2.26. The molecule has 0 saturated heterocycles. The van der Waals surface area contributed by atoms with Crippen molar-refractivity contribution in [2.45, 2.75) is 23.6 Å². The van der Waals surface area contributed by atoms with Crippen molar-refractivity contribution in [2.24, 2.45) is 0 Å². The second-order valence-corrected chi connectivity index (χ2v) is 8.89. The first-order chi connectivity index (χ1) is 9.79. The topological polar surface area (TPSA) is 46.2 Å². The molecule has 2 rings (SSSR count). The molecule has 21 heavy (non-hydrogen) atoms. The van der Waals surface area contributed by atoms with Crippen molar-refractivity contribution >= 4 is 37.3 Å². The van der Waals surface area contributed by atoms with Gasteiger partial charge in [0.15, 0.2) is 0 Å². The monoisotopic (exact) mass is 395 g/mol. The average molecular weight is 396 g/mol. The molecule has 1 atom stereocenters. The van der Waals surface area contributed by atoms with E-state index in [0.29, 0.717) is 3.79 Å². The van der Waals surface area contributed by atoms with Crippen LogP contribution in [0, 0.1) is 11.6 Å². The molecule has 0 radical (unpaired) electrons. The second-order valence-electron chi connectivity index (χ2n) is 4.49. The minimum atomic E-state index is -3.69. The Balaban J connectivity index is 2.13. The van der Waals surface area contributed by atoms with Gasteiger partial charge in [0.2, 0.25) is 10.0 Å². The Morgan fingerprint density at radius 3 is 2.38 bits per heavy atom. The first-order valence-corrected chi connectivity index (χ1v) is 9.09. The van der Waals surface area contributed by atoms with Crippen molar-refractivity contribution in [1.82, 2.24) is 4.72 Å². The molecule has 0 bridgehead atoms. The van der Waals surface area contributed by atoms with Crippen LogP contribution in [0.4, 0.5) is 8.78 Å². The third kappa shape index (κ3) is 4.09. The zero-order chi connectivity index (χ0) is 15.6. The van der Waals surface area contributed by atoms with Crippen LogP contribution in [0.5, 0.6) is 0 Å². The van der Waals surface area contributed by atoms with Gasteiger partial charge in [-0.3, -0.25) is 0 Å². The molecule has 1 aromatic carbocycles. The minimum absolute atomic E-state index is 0.0652. The lowest BCUT2D eigenvalue weighted by Gasteiger charge is -2.14. The van der Waals surface area contributed by atoms with Crippen LogP contribution in [0.15, 0.2) is 38.3 Å². The fourth-order valence-corrected chi connectivity index (χ4v) is 5.11. The molecular weight excluding hydrogens is 384 g/mol. The molecule has 114 valence electrons. The van der Waals surface area contributed by atoms with Gasteiger partial charge in [-0.1, -0.05) is 6.07 Å². The average Bonchev–Trinajstić information content (AvgIpc) is 2.81. The Morgan fingerprint density at radius 1 is 1.24 bits per heavy atom. The summed E-state index contributed by atoms with van der Waals surface area (Å²) in [4.78, 5) is 0. The lowest BCUT2D eigenvalue weighted by molar-refractivity contribution is 0.523. The summed E-state index contributed by atoms with van der Waals surface area (Å²) in [5, 5.41) is 0. The van der Waals surface area contributed by atoms with Crippen molar-refractivity contribution in [2.75, 3.05) is 0 Å². The standard InChI is InChI=1S/C13H12BrF2NO2S2/c1-8(7-9-10(15)3-2-4-11(9)16)17-21(18,19)13-6-5-12(14)20-13/h2-6,8,17H,7H2,1H3. The Kier molecular flexibility index (Phi) is 5.13. The fraction of sp³-hybridized carbons (Fsp3) is 0.231. The molecule has 2 aromatic rings. The molecule has 1 N–H and O–H groups in total. The number of benzene rings is 1. The van der Waals surface area contributed by atoms with Crippen molar-refractivity contribution < 1.29 is 17.2 Å². The summed E-state index contributed by atoms with van der Waals surface area (Å²) in [7, 11) is -3.69. The Labute approximate surface area is 134 Å². The van der Waals surface area contributed by atoms with E-state index in [2.05, 4.69) is 20.7 Å². The van der Waals surface area contributed by atoms with Gasteiger partial charge in [0.25, 0.3) is 0 Å². The van der Waals surface area contributed by atoms with E-state index in [0.717, 1.165) is 23.5 Å². The maximum atomic E-state index is 13.5. The zero-order valence-corrected chi connectivity index (χ0v) is 14.2. The molecule has 0 saturated carbocycles. The van der Waals surface area contributed by atoms with E-state index in [1.54, 1.807) is 13.0 Å². The molecular formula is C13H12BrF2NO2S2. The molecule has 0 aliphatic rings. The van der Waals surface area contributed by atoms with Gasteiger partial charge in [0.05, 0.1) is 3.79 Å². The fourth-order valence-electron chi connectivity index (χ4n) is 1.84. The highest BCUT2D eigenvalue weighted by molar-refractivity contribution is 9.11. The molecule has 8 heteroatoms. The largest absolute Gasteiger partial charge is 0.250 e. The van der Waals surface area contributed by atoms with E-state index in [4.69, 9.17) is 0 Å². The van der Waals surface area contributed by atoms with Crippen LogP contribution in [-0.2, 0) is 16.4 Å². The summed E-state index contributed by atoms with van der Waals surface area (Å²) in [5.41, 5.74) is -0.125. The summed E-state index contributed by atoms with van der Waals surface area (Å²) in [6.07, 6.45) is -0.0652. The minimum Gasteiger partial charge on any atom is -0.207 e. The quantitative estimate of drug-likeness (QED) is 0.838. The molecule has 1 aromatic heterocycles. The number of halogens is 3. The van der Waals surface area contributed by atoms with Gasteiger partial charge in [-0.05, 0) is 53.5 Å². The number of rotatable bonds is 5. The summed E-state index contributed by atoms with van der Waals surface area (Å²) in [6.45, 7) is 1.56. The molecule has 1 heterocycles. The van der Waals surface area contributed by atoms with Gasteiger partial charge in [0, 0.05) is 11.6 Å². The molecule has 0 spiro atoms. The van der Waals surface area contributed by atoms with E-state index >= 15 is 0 Å². The van der Waals surface area contributed by atoms with Crippen molar-refractivity contribution in [3.63, 3.8) is 0 Å². The van der Waals surface area contributed by atoms with Gasteiger partial charge in [-0.25, -0.2) is 21.9 Å². The zero-order valence-electron chi connectivity index (χ0n) is 10.9. The predicted octanol–water partition coefficient (Wildman–Crippen LogP) is 3.70. The molecule has 3 nitrogen and oxygen atoms in total. The number of sulfonamides is 1. The van der Waals surface area contributed by atoms with E-state index < -0.39 is 27.7 Å². The van der Waals surface area contributed by atoms with E-state index in [1.165, 1.54) is 12.1 Å². The second kappa shape index (κ2) is 6.51. The smallest absolute Gasteiger partial charge is 0.207 e. The molecule has 0 fully saturated rings. The summed E-state index contributed by atoms with van der Waals surface area (Å²) >= 11 is 4.26. The van der Waals surface area contributed by atoms with Gasteiger partial charge in [-0.15, -0.1) is 11.3 Å². The maximum Gasteiger partial charge on any atom is 0.250 e. The Bertz CT molecular complexity index is 726. The van der Waals surface area contributed by atoms with Gasteiger partial charge >= 0.3 is 0 Å². The number of nitrogens with one attached hydrogen (secondary N) is 1. The SMILES string of the molecule is CC(Cc1c(F)cccc1F)NS(=O)(=O)c1ccc(Br)s1. The summed E-state index contributed by atoms with van der Waals surface area (Å²) in [5.74, 6) is -1.36. The summed E-state index contributed by atoms with van der Waals surface area (Å²) < 4.78 is 54.6. The van der Waals surface area contributed by atoms with Crippen LogP contribution in [0.3, 0.4) is 0 Å². The lowest BCUT2D eigenvalue weighted by Crippen LogP contribution is -2.34. The van der Waals surface area contributed by atoms with Crippen molar-refractivity contribution in [3.8, 4) is 0 Å². The van der Waals surface area contributed by atoms with Crippen molar-refractivity contribution in [3.05, 3.63) is 51.3 Å². The van der Waals surface area contributed by atoms with Crippen LogP contribution >= 0.6 is 27.3 Å².